The van der Waals surface area contributed by atoms with Crippen LogP contribution in [0.3, 0.4) is 0 Å². The normalized spacial score (nSPS) is 9.77. The van der Waals surface area contributed by atoms with Gasteiger partial charge in [-0.05, 0) is 12.8 Å². The van der Waals surface area contributed by atoms with E-state index in [0.29, 0.717) is 19.0 Å². The molecule has 0 N–H and O–H groups in total. The molecule has 0 spiro atoms. The Kier molecular flexibility index (Phi) is 7.90. The number of carbonyl (C=O) groups excluding carboxylic acids is 1. The Morgan fingerprint density at radius 1 is 1.46 bits per heavy atom. The number of alkyl halides is 1. The van der Waals surface area contributed by atoms with Crippen LogP contribution in [0.2, 0.25) is 0 Å². The maximum atomic E-state index is 11.2. The van der Waals surface area contributed by atoms with Gasteiger partial charge in [0, 0.05) is 19.5 Å². The summed E-state index contributed by atoms with van der Waals surface area (Å²) in [5, 5.41) is 0. The first kappa shape index (κ1) is 12.6. The van der Waals surface area contributed by atoms with Gasteiger partial charge in [-0.15, -0.1) is 11.6 Å². The van der Waals surface area contributed by atoms with Crippen LogP contribution >= 0.6 is 11.6 Å². The lowest BCUT2D eigenvalue weighted by molar-refractivity contribution is 0.110. The molecule has 0 saturated carbocycles. The molecule has 0 rings (SSSR count). The van der Waals surface area contributed by atoms with Gasteiger partial charge in [0.05, 0.1) is 6.61 Å². The Bertz CT molecular complexity index is 142. The molecule has 0 aromatic heterocycles. The highest BCUT2D eigenvalue weighted by Crippen LogP contribution is 1.96. The number of carbonyl (C=O) groups is 1. The molecule has 0 fully saturated rings. The first-order valence-electron chi connectivity index (χ1n) is 4.66. The lowest BCUT2D eigenvalue weighted by atomic mass is 10.4. The number of halogens is 1. The van der Waals surface area contributed by atoms with Gasteiger partial charge in [-0.1, -0.05) is 13.3 Å². The van der Waals surface area contributed by atoms with Crippen molar-refractivity contribution in [3.05, 3.63) is 0 Å². The van der Waals surface area contributed by atoms with Crippen LogP contribution < -0.4 is 0 Å². The summed E-state index contributed by atoms with van der Waals surface area (Å²) in [4.78, 5) is 12.7. The van der Waals surface area contributed by atoms with Gasteiger partial charge in [0.15, 0.2) is 0 Å². The topological polar surface area (TPSA) is 29.5 Å². The predicted molar refractivity (Wildman–Crippen MR) is 54.2 cm³/mol. The van der Waals surface area contributed by atoms with Crippen molar-refractivity contribution in [1.82, 2.24) is 4.90 Å². The van der Waals surface area contributed by atoms with Crippen LogP contribution in [0.5, 0.6) is 0 Å². The first-order chi connectivity index (χ1) is 6.22. The summed E-state index contributed by atoms with van der Waals surface area (Å²) in [6.45, 7) is 3.24. The van der Waals surface area contributed by atoms with Crippen molar-refractivity contribution in [2.75, 3.05) is 26.1 Å². The van der Waals surface area contributed by atoms with Crippen molar-refractivity contribution < 1.29 is 9.53 Å². The van der Waals surface area contributed by atoms with Crippen LogP contribution in [0, 0.1) is 0 Å². The van der Waals surface area contributed by atoms with Gasteiger partial charge in [-0.2, -0.15) is 0 Å². The van der Waals surface area contributed by atoms with Crippen LogP contribution in [0.15, 0.2) is 0 Å². The molecule has 0 aliphatic rings. The first-order valence-corrected chi connectivity index (χ1v) is 5.19. The molecule has 0 saturated heterocycles. The number of hydrogen-bond donors (Lipinski definition) is 0. The quantitative estimate of drug-likeness (QED) is 0.495. The summed E-state index contributed by atoms with van der Waals surface area (Å²) in [7, 11) is 1.72. The van der Waals surface area contributed by atoms with Crippen LogP contribution in [0.1, 0.15) is 26.2 Å². The van der Waals surface area contributed by atoms with E-state index in [4.69, 9.17) is 16.3 Å². The number of hydrogen-bond acceptors (Lipinski definition) is 2. The van der Waals surface area contributed by atoms with Gasteiger partial charge in [-0.25, -0.2) is 4.79 Å². The van der Waals surface area contributed by atoms with Gasteiger partial charge in [0.1, 0.15) is 0 Å². The molecule has 0 aliphatic carbocycles. The SMILES string of the molecule is CCCCOC(=O)N(C)CCCCl. The maximum absolute atomic E-state index is 11.2. The van der Waals surface area contributed by atoms with Gasteiger partial charge in [-0.3, -0.25) is 0 Å². The van der Waals surface area contributed by atoms with E-state index in [1.54, 1.807) is 11.9 Å². The number of amides is 1. The average Bonchev–Trinajstić information content (AvgIpc) is 2.14. The number of ether oxygens (including phenoxy) is 1. The summed E-state index contributed by atoms with van der Waals surface area (Å²) >= 11 is 5.50. The molecule has 0 atom stereocenters. The summed E-state index contributed by atoms with van der Waals surface area (Å²) < 4.78 is 4.99. The number of nitrogens with zero attached hydrogens (tertiary/aromatic N) is 1. The third-order valence-corrected chi connectivity index (χ3v) is 1.93. The van der Waals surface area contributed by atoms with E-state index in [0.717, 1.165) is 19.3 Å². The minimum absolute atomic E-state index is 0.251. The largest absolute Gasteiger partial charge is 0.449 e. The smallest absolute Gasteiger partial charge is 0.409 e. The molecule has 0 bridgehead atoms. The standard InChI is InChI=1S/C9H18ClNO2/c1-3-4-8-13-9(12)11(2)7-5-6-10/h3-8H2,1-2H3. The van der Waals surface area contributed by atoms with Gasteiger partial charge < -0.3 is 9.64 Å². The van der Waals surface area contributed by atoms with E-state index in [1.807, 2.05) is 0 Å². The van der Waals surface area contributed by atoms with E-state index in [9.17, 15) is 4.79 Å². The summed E-state index contributed by atoms with van der Waals surface area (Å²) in [5.41, 5.74) is 0. The van der Waals surface area contributed by atoms with Crippen LogP contribution in [-0.2, 0) is 4.74 Å². The van der Waals surface area contributed by atoms with E-state index < -0.39 is 0 Å². The Balaban J connectivity index is 3.45. The van der Waals surface area contributed by atoms with Crippen LogP contribution in [0.25, 0.3) is 0 Å². The second kappa shape index (κ2) is 8.17. The monoisotopic (exact) mass is 207 g/mol. The summed E-state index contributed by atoms with van der Waals surface area (Å²) in [5.74, 6) is 0.576. The Morgan fingerprint density at radius 3 is 2.69 bits per heavy atom. The fourth-order valence-electron chi connectivity index (χ4n) is 0.802. The highest BCUT2D eigenvalue weighted by atomic mass is 35.5. The minimum atomic E-state index is -0.251. The summed E-state index contributed by atoms with van der Waals surface area (Å²) in [6, 6.07) is 0. The molecule has 0 heterocycles. The fraction of sp³-hybridized carbons (Fsp3) is 0.889. The molecule has 0 aromatic rings. The van der Waals surface area contributed by atoms with E-state index >= 15 is 0 Å². The highest BCUT2D eigenvalue weighted by molar-refractivity contribution is 6.17. The third-order valence-electron chi connectivity index (χ3n) is 1.66. The minimum Gasteiger partial charge on any atom is -0.449 e. The molecular weight excluding hydrogens is 190 g/mol. The summed E-state index contributed by atoms with van der Waals surface area (Å²) in [6.07, 6.45) is 2.52. The lowest BCUT2D eigenvalue weighted by Gasteiger charge is -2.15. The Morgan fingerprint density at radius 2 is 2.15 bits per heavy atom. The second-order valence-corrected chi connectivity index (χ2v) is 3.31. The van der Waals surface area contributed by atoms with Crippen molar-refractivity contribution in [2.45, 2.75) is 26.2 Å². The van der Waals surface area contributed by atoms with Gasteiger partial charge in [0.2, 0.25) is 0 Å². The van der Waals surface area contributed by atoms with Crippen molar-refractivity contribution in [3.8, 4) is 0 Å². The molecule has 78 valence electrons. The van der Waals surface area contributed by atoms with Crippen LogP contribution in [0.4, 0.5) is 4.79 Å². The molecular formula is C9H18ClNO2. The fourth-order valence-corrected chi connectivity index (χ4v) is 0.922. The van der Waals surface area contributed by atoms with Crippen molar-refractivity contribution in [2.24, 2.45) is 0 Å². The molecule has 0 aromatic carbocycles. The van der Waals surface area contributed by atoms with E-state index in [2.05, 4.69) is 6.92 Å². The van der Waals surface area contributed by atoms with Crippen molar-refractivity contribution in [3.63, 3.8) is 0 Å². The Labute approximate surface area is 85.0 Å². The Hall–Kier alpha value is -0.440. The molecule has 4 heteroatoms. The highest BCUT2D eigenvalue weighted by Gasteiger charge is 2.07. The average molecular weight is 208 g/mol. The lowest BCUT2D eigenvalue weighted by Crippen LogP contribution is -2.28. The maximum Gasteiger partial charge on any atom is 0.409 e. The number of rotatable bonds is 6. The zero-order chi connectivity index (χ0) is 10.1. The number of unbranched alkanes of at least 4 members (excludes halogenated alkanes) is 1. The molecule has 3 nitrogen and oxygen atoms in total. The molecule has 13 heavy (non-hydrogen) atoms. The van der Waals surface area contributed by atoms with E-state index in [-0.39, 0.29) is 6.09 Å². The molecule has 0 unspecified atom stereocenters. The zero-order valence-electron chi connectivity index (χ0n) is 8.38. The molecule has 0 radical (unpaired) electrons. The van der Waals surface area contributed by atoms with Crippen molar-refractivity contribution >= 4 is 17.7 Å². The van der Waals surface area contributed by atoms with Crippen LogP contribution in [-0.4, -0.2) is 37.1 Å². The van der Waals surface area contributed by atoms with Gasteiger partial charge in [0.25, 0.3) is 0 Å². The molecule has 1 amide bonds. The zero-order valence-corrected chi connectivity index (χ0v) is 9.14. The second-order valence-electron chi connectivity index (χ2n) is 2.93. The van der Waals surface area contributed by atoms with Crippen molar-refractivity contribution in [1.29, 1.82) is 0 Å². The molecule has 0 aliphatic heterocycles. The predicted octanol–water partition coefficient (Wildman–Crippen LogP) is 2.48. The van der Waals surface area contributed by atoms with E-state index in [1.165, 1.54) is 0 Å². The third kappa shape index (κ3) is 6.70. The van der Waals surface area contributed by atoms with Gasteiger partial charge >= 0.3 is 6.09 Å².